The van der Waals surface area contributed by atoms with E-state index in [2.05, 4.69) is 0 Å². The summed E-state index contributed by atoms with van der Waals surface area (Å²) in [6.07, 6.45) is 0. The molecule has 2 aromatic carbocycles. The van der Waals surface area contributed by atoms with E-state index in [9.17, 15) is 24.6 Å². The molecule has 0 fully saturated rings. The van der Waals surface area contributed by atoms with Crippen molar-refractivity contribution in [1.29, 1.82) is 0 Å². The average Bonchev–Trinajstić information content (AvgIpc) is 2.47. The fourth-order valence-electron chi connectivity index (χ4n) is 1.77. The molecule has 0 unspecified atom stereocenters. The molecule has 2 aromatic rings. The van der Waals surface area contributed by atoms with Gasteiger partial charge in [-0.25, -0.2) is 14.4 Å². The Hall–Kier alpha value is -2.80. The van der Waals surface area contributed by atoms with Crippen molar-refractivity contribution in [1.82, 2.24) is 0 Å². The highest BCUT2D eigenvalue weighted by Crippen LogP contribution is 2.33. The van der Waals surface area contributed by atoms with E-state index in [-0.39, 0.29) is 21.6 Å². The summed E-state index contributed by atoms with van der Waals surface area (Å²) in [7, 11) is 0. The highest BCUT2D eigenvalue weighted by molar-refractivity contribution is 7.99. The number of rotatable bonds is 5. The Labute approximate surface area is 129 Å². The number of carboxylic acid groups (broad SMARTS) is 3. The summed E-state index contributed by atoms with van der Waals surface area (Å²) < 4.78 is 0. The zero-order valence-corrected chi connectivity index (χ0v) is 11.8. The van der Waals surface area contributed by atoms with Crippen LogP contribution < -0.4 is 0 Å². The summed E-state index contributed by atoms with van der Waals surface area (Å²) >= 11 is 0.963. The van der Waals surface area contributed by atoms with Crippen LogP contribution in [0, 0.1) is 0 Å². The van der Waals surface area contributed by atoms with Crippen LogP contribution in [0.1, 0.15) is 31.1 Å². The fraction of sp³-hybridized carbons (Fsp3) is 0. The predicted molar refractivity (Wildman–Crippen MR) is 77.9 cm³/mol. The third-order valence-corrected chi connectivity index (χ3v) is 3.95. The smallest absolute Gasteiger partial charge is 0.336 e. The molecule has 3 N–H and O–H groups in total. The first-order chi connectivity index (χ1) is 10.4. The number of benzene rings is 2. The highest BCUT2D eigenvalue weighted by atomic mass is 32.2. The molecule has 0 heterocycles. The molecule has 0 aliphatic heterocycles. The maximum absolute atomic E-state index is 11.2. The first kappa shape index (κ1) is 15.6. The molecule has 0 spiro atoms. The van der Waals surface area contributed by atoms with Gasteiger partial charge in [-0.1, -0.05) is 17.8 Å². The van der Waals surface area contributed by atoms with Gasteiger partial charge >= 0.3 is 17.9 Å². The highest BCUT2D eigenvalue weighted by Gasteiger charge is 2.19. The molecular formula is C15H10O6S. The molecule has 112 valence electrons. The van der Waals surface area contributed by atoms with Crippen LogP contribution in [0.25, 0.3) is 0 Å². The van der Waals surface area contributed by atoms with E-state index in [1.807, 2.05) is 0 Å². The van der Waals surface area contributed by atoms with Crippen molar-refractivity contribution in [3.05, 3.63) is 59.2 Å². The minimum absolute atomic E-state index is 0.0920. The molecule has 0 bridgehead atoms. The van der Waals surface area contributed by atoms with Crippen LogP contribution >= 0.6 is 11.8 Å². The van der Waals surface area contributed by atoms with Gasteiger partial charge in [0.05, 0.1) is 16.7 Å². The zero-order valence-electron chi connectivity index (χ0n) is 11.0. The molecule has 0 aliphatic carbocycles. The molecule has 0 saturated heterocycles. The minimum atomic E-state index is -1.23. The maximum Gasteiger partial charge on any atom is 0.336 e. The Morgan fingerprint density at radius 1 is 0.727 bits per heavy atom. The zero-order chi connectivity index (χ0) is 16.3. The summed E-state index contributed by atoms with van der Waals surface area (Å²) in [4.78, 5) is 33.9. The van der Waals surface area contributed by atoms with Crippen molar-refractivity contribution in [3.63, 3.8) is 0 Å². The van der Waals surface area contributed by atoms with E-state index < -0.39 is 17.9 Å². The van der Waals surface area contributed by atoms with E-state index in [0.29, 0.717) is 4.90 Å². The molecule has 0 aliphatic rings. The lowest BCUT2D eigenvalue weighted by Crippen LogP contribution is -2.06. The Balaban J connectivity index is 2.45. The van der Waals surface area contributed by atoms with Crippen molar-refractivity contribution >= 4 is 29.7 Å². The monoisotopic (exact) mass is 318 g/mol. The van der Waals surface area contributed by atoms with Gasteiger partial charge in [-0.2, -0.15) is 0 Å². The Bertz CT molecular complexity index is 719. The standard InChI is InChI=1S/C15H10O6S/c16-13(17)8-4-6-9(7-5-8)22-12-10(14(18)19)2-1-3-11(12)15(20)21/h1-7H,(H,16,17)(H,18,19)(H,20,21). The van der Waals surface area contributed by atoms with Crippen LogP contribution in [0.3, 0.4) is 0 Å². The van der Waals surface area contributed by atoms with Crippen LogP contribution in [0.4, 0.5) is 0 Å². The largest absolute Gasteiger partial charge is 0.478 e. The van der Waals surface area contributed by atoms with Crippen LogP contribution in [-0.4, -0.2) is 33.2 Å². The molecule has 22 heavy (non-hydrogen) atoms. The van der Waals surface area contributed by atoms with Crippen LogP contribution in [0.15, 0.2) is 52.3 Å². The number of carbonyl (C=O) groups is 3. The first-order valence-electron chi connectivity index (χ1n) is 6.01. The fourth-order valence-corrected chi connectivity index (χ4v) is 2.81. The quantitative estimate of drug-likeness (QED) is 0.777. The van der Waals surface area contributed by atoms with Crippen molar-refractivity contribution in [2.24, 2.45) is 0 Å². The normalized spacial score (nSPS) is 10.2. The number of hydrogen-bond donors (Lipinski definition) is 3. The van der Waals surface area contributed by atoms with Crippen LogP contribution in [-0.2, 0) is 0 Å². The van der Waals surface area contributed by atoms with E-state index in [1.165, 1.54) is 42.5 Å². The summed E-state index contributed by atoms with van der Waals surface area (Å²) in [5.74, 6) is -3.53. The summed E-state index contributed by atoms with van der Waals surface area (Å²) in [5, 5.41) is 27.2. The van der Waals surface area contributed by atoms with Gasteiger partial charge in [0.1, 0.15) is 0 Å². The van der Waals surface area contributed by atoms with Gasteiger partial charge in [-0.3, -0.25) is 0 Å². The van der Waals surface area contributed by atoms with E-state index in [1.54, 1.807) is 0 Å². The van der Waals surface area contributed by atoms with E-state index in [0.717, 1.165) is 11.8 Å². The topological polar surface area (TPSA) is 112 Å². The van der Waals surface area contributed by atoms with E-state index in [4.69, 9.17) is 5.11 Å². The van der Waals surface area contributed by atoms with Crippen molar-refractivity contribution < 1.29 is 29.7 Å². The average molecular weight is 318 g/mol. The lowest BCUT2D eigenvalue weighted by Gasteiger charge is -2.09. The summed E-state index contributed by atoms with van der Waals surface area (Å²) in [6, 6.07) is 9.75. The van der Waals surface area contributed by atoms with Crippen molar-refractivity contribution in [2.75, 3.05) is 0 Å². The SMILES string of the molecule is O=C(O)c1ccc(Sc2c(C(=O)O)cccc2C(=O)O)cc1. The predicted octanol–water partition coefficient (Wildman–Crippen LogP) is 2.93. The number of hydrogen-bond acceptors (Lipinski definition) is 4. The molecule has 0 aromatic heterocycles. The molecule has 0 saturated carbocycles. The van der Waals surface area contributed by atoms with Crippen LogP contribution in [0.5, 0.6) is 0 Å². The maximum atomic E-state index is 11.2. The number of carboxylic acids is 3. The van der Waals surface area contributed by atoms with Crippen molar-refractivity contribution in [3.8, 4) is 0 Å². The second-order valence-electron chi connectivity index (χ2n) is 4.22. The second kappa shape index (κ2) is 6.31. The van der Waals surface area contributed by atoms with Gasteiger partial charge in [-0.05, 0) is 36.4 Å². The van der Waals surface area contributed by atoms with Gasteiger partial charge in [0.25, 0.3) is 0 Å². The Kier molecular flexibility index (Phi) is 4.47. The number of aromatic carboxylic acids is 3. The molecule has 0 radical (unpaired) electrons. The molecule has 6 nitrogen and oxygen atoms in total. The van der Waals surface area contributed by atoms with Crippen LogP contribution in [0.2, 0.25) is 0 Å². The van der Waals surface area contributed by atoms with Gasteiger partial charge in [0.15, 0.2) is 0 Å². The minimum Gasteiger partial charge on any atom is -0.478 e. The summed E-state index contributed by atoms with van der Waals surface area (Å²) in [5.41, 5.74) is -0.145. The third-order valence-electron chi connectivity index (χ3n) is 2.80. The lowest BCUT2D eigenvalue weighted by atomic mass is 10.1. The summed E-state index contributed by atoms with van der Waals surface area (Å²) in [6.45, 7) is 0. The molecule has 2 rings (SSSR count). The molecule has 7 heteroatoms. The van der Waals surface area contributed by atoms with E-state index >= 15 is 0 Å². The van der Waals surface area contributed by atoms with Gasteiger partial charge < -0.3 is 15.3 Å². The van der Waals surface area contributed by atoms with Gasteiger partial charge in [-0.15, -0.1) is 0 Å². The Morgan fingerprint density at radius 3 is 1.64 bits per heavy atom. The Morgan fingerprint density at radius 2 is 1.23 bits per heavy atom. The second-order valence-corrected chi connectivity index (χ2v) is 5.31. The van der Waals surface area contributed by atoms with Gasteiger partial charge in [0.2, 0.25) is 0 Å². The lowest BCUT2D eigenvalue weighted by molar-refractivity contribution is 0.0678. The third kappa shape index (κ3) is 3.26. The van der Waals surface area contributed by atoms with Crippen molar-refractivity contribution in [2.45, 2.75) is 9.79 Å². The van der Waals surface area contributed by atoms with Gasteiger partial charge in [0, 0.05) is 9.79 Å². The first-order valence-corrected chi connectivity index (χ1v) is 6.82. The molecule has 0 atom stereocenters. The molecular weight excluding hydrogens is 308 g/mol. The molecule has 0 amide bonds.